The number of carbonyl (C=O) groups is 1. The van der Waals surface area contributed by atoms with Crippen molar-refractivity contribution in [3.05, 3.63) is 0 Å². The third kappa shape index (κ3) is 5.54. The summed E-state index contributed by atoms with van der Waals surface area (Å²) >= 11 is 0. The number of hydrogen-bond acceptors (Lipinski definition) is 5. The largest absolute Gasteiger partial charge is 0.480 e. The Morgan fingerprint density at radius 3 is 2.67 bits per heavy atom. The molecule has 0 aromatic heterocycles. The van der Waals surface area contributed by atoms with Gasteiger partial charge < -0.3 is 19.7 Å². The molecule has 3 unspecified atom stereocenters. The monoisotopic (exact) mass is 303 g/mol. The Bertz CT molecular complexity index is 334. The fourth-order valence-electron chi connectivity index (χ4n) is 3.07. The van der Waals surface area contributed by atoms with E-state index in [1.165, 1.54) is 0 Å². The fourth-order valence-corrected chi connectivity index (χ4v) is 3.07. The van der Waals surface area contributed by atoms with E-state index in [0.717, 1.165) is 12.8 Å². The molecular weight excluding hydrogens is 274 g/mol. The Balaban J connectivity index is 2.53. The van der Waals surface area contributed by atoms with Crippen LogP contribution in [0.15, 0.2) is 0 Å². The van der Waals surface area contributed by atoms with Crippen molar-refractivity contribution in [3.8, 4) is 0 Å². The SMILES string of the molecule is COCC(C)OCC(O)CN1CCCC(C)(C)C1C(=O)O. The molecule has 0 bridgehead atoms. The summed E-state index contributed by atoms with van der Waals surface area (Å²) in [7, 11) is 1.60. The second kappa shape index (κ2) is 8.08. The predicted octanol–water partition coefficient (Wildman–Crippen LogP) is 0.974. The van der Waals surface area contributed by atoms with Crippen LogP contribution in [0.4, 0.5) is 0 Å². The molecule has 6 heteroatoms. The zero-order valence-electron chi connectivity index (χ0n) is 13.5. The first kappa shape index (κ1) is 18.4. The minimum atomic E-state index is -0.819. The smallest absolute Gasteiger partial charge is 0.321 e. The number of hydrogen-bond donors (Lipinski definition) is 2. The minimum absolute atomic E-state index is 0.0854. The van der Waals surface area contributed by atoms with E-state index < -0.39 is 18.1 Å². The van der Waals surface area contributed by atoms with E-state index in [0.29, 0.717) is 19.7 Å². The average Bonchev–Trinajstić information content (AvgIpc) is 2.35. The van der Waals surface area contributed by atoms with Gasteiger partial charge in [0.15, 0.2) is 0 Å². The quantitative estimate of drug-likeness (QED) is 0.696. The van der Waals surface area contributed by atoms with E-state index in [2.05, 4.69) is 0 Å². The maximum absolute atomic E-state index is 11.5. The lowest BCUT2D eigenvalue weighted by Gasteiger charge is -2.44. The van der Waals surface area contributed by atoms with Crippen LogP contribution in [0.25, 0.3) is 0 Å². The molecule has 1 heterocycles. The van der Waals surface area contributed by atoms with E-state index in [-0.39, 0.29) is 18.1 Å². The number of aliphatic hydroxyl groups excluding tert-OH is 1. The van der Waals surface area contributed by atoms with Gasteiger partial charge in [0.2, 0.25) is 0 Å². The van der Waals surface area contributed by atoms with E-state index in [9.17, 15) is 15.0 Å². The molecule has 124 valence electrons. The molecule has 21 heavy (non-hydrogen) atoms. The second-order valence-electron chi connectivity index (χ2n) is 6.58. The number of aliphatic carboxylic acids is 1. The lowest BCUT2D eigenvalue weighted by Crippen LogP contribution is -2.56. The third-order valence-electron chi connectivity index (χ3n) is 4.03. The number of rotatable bonds is 8. The van der Waals surface area contributed by atoms with Crippen molar-refractivity contribution in [1.82, 2.24) is 4.90 Å². The molecule has 1 aliphatic heterocycles. The molecule has 0 saturated carbocycles. The van der Waals surface area contributed by atoms with Crippen molar-refractivity contribution in [2.75, 3.05) is 33.4 Å². The van der Waals surface area contributed by atoms with Crippen molar-refractivity contribution < 1.29 is 24.5 Å². The number of carboxylic acids is 1. The van der Waals surface area contributed by atoms with Gasteiger partial charge in [0, 0.05) is 13.7 Å². The van der Waals surface area contributed by atoms with E-state index >= 15 is 0 Å². The standard InChI is InChI=1S/C15H29NO5/c1-11(9-20-4)21-10-12(17)8-16-7-5-6-15(2,3)13(16)14(18)19/h11-13,17H,5-10H2,1-4H3,(H,18,19). The molecule has 0 aromatic carbocycles. The highest BCUT2D eigenvalue weighted by Crippen LogP contribution is 2.35. The highest BCUT2D eigenvalue weighted by atomic mass is 16.5. The first-order chi connectivity index (χ1) is 9.77. The lowest BCUT2D eigenvalue weighted by atomic mass is 9.76. The summed E-state index contributed by atoms with van der Waals surface area (Å²) in [4.78, 5) is 13.4. The van der Waals surface area contributed by atoms with Gasteiger partial charge in [-0.1, -0.05) is 13.8 Å². The predicted molar refractivity (Wildman–Crippen MR) is 79.3 cm³/mol. The van der Waals surface area contributed by atoms with Gasteiger partial charge in [-0.15, -0.1) is 0 Å². The number of piperidine rings is 1. The van der Waals surface area contributed by atoms with Gasteiger partial charge in [-0.3, -0.25) is 9.69 Å². The average molecular weight is 303 g/mol. The Labute approximate surface area is 127 Å². The van der Waals surface area contributed by atoms with Crippen molar-refractivity contribution in [3.63, 3.8) is 0 Å². The van der Waals surface area contributed by atoms with Crippen molar-refractivity contribution >= 4 is 5.97 Å². The molecule has 6 nitrogen and oxygen atoms in total. The molecule has 3 atom stereocenters. The highest BCUT2D eigenvalue weighted by Gasteiger charge is 2.42. The van der Waals surface area contributed by atoms with Gasteiger partial charge >= 0.3 is 5.97 Å². The number of β-amino-alcohol motifs (C(OH)–C–C–N with tert-alkyl or cyclic N) is 1. The Hall–Kier alpha value is -0.690. The molecule has 2 N–H and O–H groups in total. The third-order valence-corrected chi connectivity index (χ3v) is 4.03. The topological polar surface area (TPSA) is 79.2 Å². The summed E-state index contributed by atoms with van der Waals surface area (Å²) in [5, 5.41) is 19.6. The number of ether oxygens (including phenoxy) is 2. The molecule has 0 aromatic rings. The summed E-state index contributed by atoms with van der Waals surface area (Å²) in [6.45, 7) is 7.50. The second-order valence-corrected chi connectivity index (χ2v) is 6.58. The molecule has 1 fully saturated rings. The van der Waals surface area contributed by atoms with Crippen LogP contribution in [0.3, 0.4) is 0 Å². The van der Waals surface area contributed by atoms with Gasteiger partial charge in [-0.25, -0.2) is 0 Å². The first-order valence-corrected chi connectivity index (χ1v) is 7.53. The Kier molecular flexibility index (Phi) is 7.06. The highest BCUT2D eigenvalue weighted by molar-refractivity contribution is 5.74. The number of nitrogens with zero attached hydrogens (tertiary/aromatic N) is 1. The lowest BCUT2D eigenvalue weighted by molar-refractivity contribution is -0.152. The summed E-state index contributed by atoms with van der Waals surface area (Å²) < 4.78 is 10.5. The van der Waals surface area contributed by atoms with E-state index in [4.69, 9.17) is 9.47 Å². The summed E-state index contributed by atoms with van der Waals surface area (Å²) in [5.41, 5.74) is -0.284. The summed E-state index contributed by atoms with van der Waals surface area (Å²) in [5.74, 6) is -0.819. The molecule has 1 rings (SSSR count). The maximum atomic E-state index is 11.5. The zero-order chi connectivity index (χ0) is 16.0. The minimum Gasteiger partial charge on any atom is -0.480 e. The zero-order valence-corrected chi connectivity index (χ0v) is 13.5. The number of carboxylic acid groups (broad SMARTS) is 1. The van der Waals surface area contributed by atoms with Crippen molar-refractivity contribution in [2.24, 2.45) is 5.41 Å². The Morgan fingerprint density at radius 2 is 2.10 bits per heavy atom. The number of likely N-dealkylation sites (tertiary alicyclic amines) is 1. The van der Waals surface area contributed by atoms with Gasteiger partial charge in [0.05, 0.1) is 25.4 Å². The van der Waals surface area contributed by atoms with Gasteiger partial charge in [0.1, 0.15) is 6.04 Å². The molecule has 1 aliphatic rings. The van der Waals surface area contributed by atoms with Crippen LogP contribution >= 0.6 is 0 Å². The summed E-state index contributed by atoms with van der Waals surface area (Å²) in [6.07, 6.45) is 1.06. The molecule has 0 aliphatic carbocycles. The van der Waals surface area contributed by atoms with Crippen LogP contribution < -0.4 is 0 Å². The van der Waals surface area contributed by atoms with Crippen LogP contribution in [0.2, 0.25) is 0 Å². The summed E-state index contributed by atoms with van der Waals surface area (Å²) in [6, 6.07) is -0.558. The normalized spacial score (nSPS) is 25.5. The number of aliphatic hydroxyl groups is 1. The van der Waals surface area contributed by atoms with Gasteiger partial charge in [0.25, 0.3) is 0 Å². The molecule has 0 spiro atoms. The van der Waals surface area contributed by atoms with Crippen LogP contribution in [0.5, 0.6) is 0 Å². The molecule has 1 saturated heterocycles. The van der Waals surface area contributed by atoms with Crippen LogP contribution in [-0.2, 0) is 14.3 Å². The van der Waals surface area contributed by atoms with Crippen molar-refractivity contribution in [2.45, 2.75) is 51.9 Å². The molecule has 0 radical (unpaired) electrons. The fraction of sp³-hybridized carbons (Fsp3) is 0.933. The van der Waals surface area contributed by atoms with Gasteiger partial charge in [-0.2, -0.15) is 0 Å². The number of methoxy groups -OCH3 is 1. The molecule has 0 amide bonds. The first-order valence-electron chi connectivity index (χ1n) is 7.53. The van der Waals surface area contributed by atoms with Crippen LogP contribution in [0, 0.1) is 5.41 Å². The maximum Gasteiger partial charge on any atom is 0.321 e. The van der Waals surface area contributed by atoms with E-state index in [1.54, 1.807) is 7.11 Å². The molecular formula is C15H29NO5. The van der Waals surface area contributed by atoms with Crippen LogP contribution in [-0.4, -0.2) is 72.7 Å². The van der Waals surface area contributed by atoms with Gasteiger partial charge in [-0.05, 0) is 31.7 Å². The van der Waals surface area contributed by atoms with Crippen LogP contribution in [0.1, 0.15) is 33.6 Å². The van der Waals surface area contributed by atoms with E-state index in [1.807, 2.05) is 25.7 Å². The Morgan fingerprint density at radius 1 is 1.43 bits per heavy atom. The van der Waals surface area contributed by atoms with Crippen molar-refractivity contribution in [1.29, 1.82) is 0 Å².